The van der Waals surface area contributed by atoms with Crippen LogP contribution in [0.4, 0.5) is 0 Å². The maximum Gasteiger partial charge on any atom is 0.257 e. The van der Waals surface area contributed by atoms with Crippen molar-refractivity contribution < 1.29 is 9.53 Å². The second-order valence-electron chi connectivity index (χ2n) is 5.89. The van der Waals surface area contributed by atoms with Crippen LogP contribution < -0.4 is 10.1 Å². The molecular formula is C18H26N2O2S. The highest BCUT2D eigenvalue weighted by molar-refractivity contribution is 7.80. The van der Waals surface area contributed by atoms with Gasteiger partial charge in [0, 0.05) is 18.7 Å². The summed E-state index contributed by atoms with van der Waals surface area (Å²) in [5.41, 5.74) is 0.602. The van der Waals surface area contributed by atoms with Crippen molar-refractivity contribution in [1.29, 1.82) is 0 Å². The van der Waals surface area contributed by atoms with E-state index in [-0.39, 0.29) is 5.91 Å². The van der Waals surface area contributed by atoms with Crippen LogP contribution in [0.15, 0.2) is 24.3 Å². The Morgan fingerprint density at radius 3 is 2.52 bits per heavy atom. The lowest BCUT2D eigenvalue weighted by atomic mass is 10.1. The van der Waals surface area contributed by atoms with Gasteiger partial charge in [-0.1, -0.05) is 19.8 Å². The Morgan fingerprint density at radius 2 is 1.87 bits per heavy atom. The molecule has 5 heteroatoms. The average Bonchev–Trinajstić information content (AvgIpc) is 2.60. The van der Waals surface area contributed by atoms with Gasteiger partial charge in [0.2, 0.25) is 0 Å². The highest BCUT2D eigenvalue weighted by atomic mass is 32.1. The molecule has 1 aromatic carbocycles. The van der Waals surface area contributed by atoms with E-state index < -0.39 is 0 Å². The van der Waals surface area contributed by atoms with Crippen LogP contribution >= 0.6 is 12.2 Å². The first-order valence-electron chi connectivity index (χ1n) is 8.54. The summed E-state index contributed by atoms with van der Waals surface area (Å²) in [6, 6.07) is 7.24. The Bertz CT molecular complexity index is 510. The third-order valence-corrected chi connectivity index (χ3v) is 4.36. The number of rotatable bonds is 6. The smallest absolute Gasteiger partial charge is 0.257 e. The number of hydrogen-bond donors (Lipinski definition) is 1. The Kier molecular flexibility index (Phi) is 7.33. The fourth-order valence-corrected chi connectivity index (χ4v) is 2.87. The molecule has 0 radical (unpaired) electrons. The molecule has 0 bridgehead atoms. The van der Waals surface area contributed by atoms with Crippen molar-refractivity contribution in [2.75, 3.05) is 19.7 Å². The molecule has 0 spiro atoms. The van der Waals surface area contributed by atoms with Crippen molar-refractivity contribution in [1.82, 2.24) is 10.2 Å². The van der Waals surface area contributed by atoms with Gasteiger partial charge >= 0.3 is 0 Å². The molecule has 1 amide bonds. The van der Waals surface area contributed by atoms with Gasteiger partial charge in [-0.25, -0.2) is 0 Å². The highest BCUT2D eigenvalue weighted by Crippen LogP contribution is 2.13. The Balaban J connectivity index is 1.81. The number of nitrogens with one attached hydrogen (secondary N) is 1. The van der Waals surface area contributed by atoms with Crippen LogP contribution in [0.3, 0.4) is 0 Å². The fourth-order valence-electron chi connectivity index (χ4n) is 2.59. The topological polar surface area (TPSA) is 41.6 Å². The molecule has 1 aliphatic heterocycles. The van der Waals surface area contributed by atoms with Crippen LogP contribution in [0.25, 0.3) is 0 Å². The Hall–Kier alpha value is -1.62. The van der Waals surface area contributed by atoms with E-state index in [2.05, 4.69) is 17.1 Å². The summed E-state index contributed by atoms with van der Waals surface area (Å²) >= 11 is 5.33. The number of likely N-dealkylation sites (tertiary alicyclic amines) is 1. The number of carbonyl (C=O) groups is 1. The van der Waals surface area contributed by atoms with E-state index in [9.17, 15) is 4.79 Å². The van der Waals surface area contributed by atoms with Gasteiger partial charge in [-0.15, -0.1) is 0 Å². The van der Waals surface area contributed by atoms with E-state index in [1.807, 2.05) is 12.1 Å². The van der Waals surface area contributed by atoms with E-state index in [1.54, 1.807) is 12.1 Å². The summed E-state index contributed by atoms with van der Waals surface area (Å²) in [6.45, 7) is 4.76. The predicted molar refractivity (Wildman–Crippen MR) is 97.0 cm³/mol. The van der Waals surface area contributed by atoms with E-state index in [1.165, 1.54) is 19.3 Å². The molecule has 1 aliphatic rings. The molecule has 0 saturated carbocycles. The first-order valence-corrected chi connectivity index (χ1v) is 8.94. The Labute approximate surface area is 144 Å². The lowest BCUT2D eigenvalue weighted by Crippen LogP contribution is -2.44. The molecule has 0 aromatic heterocycles. The lowest BCUT2D eigenvalue weighted by Gasteiger charge is -2.28. The number of nitrogens with zero attached hydrogens (tertiary/aromatic N) is 1. The molecule has 1 N–H and O–H groups in total. The zero-order chi connectivity index (χ0) is 16.5. The molecule has 1 fully saturated rings. The second kappa shape index (κ2) is 9.50. The molecule has 2 rings (SSSR count). The monoisotopic (exact) mass is 334 g/mol. The van der Waals surface area contributed by atoms with Crippen molar-refractivity contribution in [2.45, 2.75) is 45.4 Å². The maximum absolute atomic E-state index is 12.2. The predicted octanol–water partition coefficient (Wildman–Crippen LogP) is 3.76. The number of piperidine rings is 1. The molecular weight excluding hydrogens is 308 g/mol. The van der Waals surface area contributed by atoms with Crippen molar-refractivity contribution in [3.8, 4) is 5.75 Å². The number of benzene rings is 1. The van der Waals surface area contributed by atoms with Gasteiger partial charge in [-0.3, -0.25) is 10.1 Å². The number of ether oxygens (including phenoxy) is 1. The molecule has 0 atom stereocenters. The van der Waals surface area contributed by atoms with E-state index in [4.69, 9.17) is 17.0 Å². The number of hydrogen-bond acceptors (Lipinski definition) is 3. The van der Waals surface area contributed by atoms with Gasteiger partial charge in [0.1, 0.15) is 5.75 Å². The molecule has 4 nitrogen and oxygen atoms in total. The van der Waals surface area contributed by atoms with Crippen molar-refractivity contribution in [2.24, 2.45) is 0 Å². The normalized spacial score (nSPS) is 14.4. The molecule has 126 valence electrons. The fraction of sp³-hybridized carbons (Fsp3) is 0.556. The summed E-state index contributed by atoms with van der Waals surface area (Å²) in [7, 11) is 0. The van der Waals surface area contributed by atoms with Gasteiger partial charge in [-0.2, -0.15) is 0 Å². The van der Waals surface area contributed by atoms with Crippen LogP contribution in [0.2, 0.25) is 0 Å². The van der Waals surface area contributed by atoms with Crippen LogP contribution in [0.5, 0.6) is 5.75 Å². The average molecular weight is 334 g/mol. The first kappa shape index (κ1) is 17.7. The molecule has 1 heterocycles. The van der Waals surface area contributed by atoms with Crippen LogP contribution in [0, 0.1) is 0 Å². The summed E-state index contributed by atoms with van der Waals surface area (Å²) in [5.74, 6) is 0.648. The van der Waals surface area contributed by atoms with E-state index >= 15 is 0 Å². The first-order chi connectivity index (χ1) is 11.2. The standard InChI is InChI=1S/C18H26N2O2S/c1-2-3-7-14-22-16-10-8-15(9-11-16)17(21)19-18(23)20-12-5-4-6-13-20/h8-11H,2-7,12-14H2,1H3,(H,19,21,23). The minimum Gasteiger partial charge on any atom is -0.494 e. The van der Waals surface area contributed by atoms with Gasteiger partial charge in [-0.05, 0) is 62.2 Å². The number of thiocarbonyl (C=S) groups is 1. The molecule has 1 aromatic rings. The molecule has 23 heavy (non-hydrogen) atoms. The van der Waals surface area contributed by atoms with Gasteiger partial charge < -0.3 is 9.64 Å². The largest absolute Gasteiger partial charge is 0.494 e. The summed E-state index contributed by atoms with van der Waals surface area (Å²) in [5, 5.41) is 3.36. The van der Waals surface area contributed by atoms with Crippen LogP contribution in [-0.2, 0) is 0 Å². The third kappa shape index (κ3) is 5.82. The van der Waals surface area contributed by atoms with E-state index in [0.29, 0.717) is 10.7 Å². The highest BCUT2D eigenvalue weighted by Gasteiger charge is 2.16. The summed E-state index contributed by atoms with van der Waals surface area (Å²) in [4.78, 5) is 14.3. The molecule has 1 saturated heterocycles. The SMILES string of the molecule is CCCCCOc1ccc(C(=O)NC(=S)N2CCCCC2)cc1. The summed E-state index contributed by atoms with van der Waals surface area (Å²) < 4.78 is 5.65. The second-order valence-corrected chi connectivity index (χ2v) is 6.27. The minimum absolute atomic E-state index is 0.155. The number of carbonyl (C=O) groups excluding carboxylic acids is 1. The van der Waals surface area contributed by atoms with Crippen molar-refractivity contribution in [3.05, 3.63) is 29.8 Å². The summed E-state index contributed by atoms with van der Waals surface area (Å²) in [6.07, 6.45) is 6.93. The van der Waals surface area contributed by atoms with Gasteiger partial charge in [0.05, 0.1) is 6.61 Å². The Morgan fingerprint density at radius 1 is 1.17 bits per heavy atom. The zero-order valence-corrected chi connectivity index (χ0v) is 14.7. The van der Waals surface area contributed by atoms with E-state index in [0.717, 1.165) is 44.7 Å². The van der Waals surface area contributed by atoms with Crippen molar-refractivity contribution >= 4 is 23.2 Å². The number of unbranched alkanes of at least 4 members (excludes halogenated alkanes) is 2. The molecule has 0 aliphatic carbocycles. The van der Waals surface area contributed by atoms with Gasteiger partial charge in [0.15, 0.2) is 5.11 Å². The maximum atomic E-state index is 12.2. The minimum atomic E-state index is -0.155. The van der Waals surface area contributed by atoms with Crippen molar-refractivity contribution in [3.63, 3.8) is 0 Å². The van der Waals surface area contributed by atoms with Gasteiger partial charge in [0.25, 0.3) is 5.91 Å². The number of amides is 1. The molecule has 0 unspecified atom stereocenters. The van der Waals surface area contributed by atoms with Crippen LogP contribution in [0.1, 0.15) is 55.8 Å². The quantitative estimate of drug-likeness (QED) is 0.635. The zero-order valence-electron chi connectivity index (χ0n) is 13.8. The lowest BCUT2D eigenvalue weighted by molar-refractivity contribution is 0.0972. The van der Waals surface area contributed by atoms with Crippen LogP contribution in [-0.4, -0.2) is 35.6 Å². The third-order valence-electron chi connectivity index (χ3n) is 4.00.